The Balaban J connectivity index is 1.99. The summed E-state index contributed by atoms with van der Waals surface area (Å²) in [6.45, 7) is 11.0. The first kappa shape index (κ1) is 19.4. The minimum atomic E-state index is -0.432. The lowest BCUT2D eigenvalue weighted by molar-refractivity contribution is -0.139. The van der Waals surface area contributed by atoms with E-state index in [-0.39, 0.29) is 11.9 Å². The Labute approximate surface area is 154 Å². The van der Waals surface area contributed by atoms with Crippen molar-refractivity contribution in [1.82, 2.24) is 0 Å². The van der Waals surface area contributed by atoms with Gasteiger partial charge in [0.1, 0.15) is 5.76 Å². The second kappa shape index (κ2) is 8.99. The monoisotopic (exact) mass is 352 g/mol. The predicted molar refractivity (Wildman–Crippen MR) is 102 cm³/mol. The molecule has 2 rings (SSSR count). The van der Waals surface area contributed by atoms with Gasteiger partial charge in [-0.1, -0.05) is 50.4 Å². The summed E-state index contributed by atoms with van der Waals surface area (Å²) in [7, 11) is 0. The predicted octanol–water partition coefficient (Wildman–Crippen LogP) is 4.70. The number of rotatable bonds is 7. The van der Waals surface area contributed by atoms with Gasteiger partial charge >= 0.3 is 11.9 Å². The lowest BCUT2D eigenvalue weighted by atomic mass is 9.93. The highest BCUT2D eigenvalue weighted by atomic mass is 16.5. The number of benzene rings is 1. The van der Waals surface area contributed by atoms with Crippen molar-refractivity contribution in [3.63, 3.8) is 0 Å². The SMILES string of the molecule is C=CC(=O)OC1=CC=C(c2ccc(C(C)COC(=O)C(=C)C)cc2)CC1. The fourth-order valence-corrected chi connectivity index (χ4v) is 2.56. The zero-order valence-corrected chi connectivity index (χ0v) is 15.3. The molecule has 0 N–H and O–H groups in total. The van der Waals surface area contributed by atoms with Crippen molar-refractivity contribution >= 4 is 17.5 Å². The first-order valence-corrected chi connectivity index (χ1v) is 8.57. The highest BCUT2D eigenvalue weighted by Gasteiger charge is 2.13. The van der Waals surface area contributed by atoms with Crippen molar-refractivity contribution in [2.45, 2.75) is 32.6 Å². The smallest absolute Gasteiger partial charge is 0.335 e. The van der Waals surface area contributed by atoms with Gasteiger partial charge in [-0.05, 0) is 36.1 Å². The molecule has 1 atom stereocenters. The molecular formula is C22H24O4. The van der Waals surface area contributed by atoms with Crippen molar-refractivity contribution in [2.24, 2.45) is 0 Å². The number of hydrogen-bond donors (Lipinski definition) is 0. The number of carbonyl (C=O) groups is 2. The van der Waals surface area contributed by atoms with E-state index in [1.807, 2.05) is 31.2 Å². The standard InChI is InChI=1S/C22H24O4/c1-5-21(23)26-20-12-10-19(11-13-20)18-8-6-17(7-9-18)16(4)14-25-22(24)15(2)3/h5-10,12,16H,1-2,11,13-14H2,3-4H3. The molecule has 1 unspecified atom stereocenters. The first-order valence-electron chi connectivity index (χ1n) is 8.57. The fraction of sp³-hybridized carbons (Fsp3) is 0.273. The zero-order chi connectivity index (χ0) is 19.1. The number of carbonyl (C=O) groups excluding carboxylic acids is 2. The van der Waals surface area contributed by atoms with Gasteiger partial charge in [-0.15, -0.1) is 0 Å². The topological polar surface area (TPSA) is 52.6 Å². The summed E-state index contributed by atoms with van der Waals surface area (Å²) >= 11 is 0. The van der Waals surface area contributed by atoms with E-state index in [4.69, 9.17) is 9.47 Å². The minimum Gasteiger partial charge on any atom is -0.462 e. The molecule has 0 heterocycles. The highest BCUT2D eigenvalue weighted by Crippen LogP contribution is 2.28. The maximum atomic E-state index is 11.5. The lowest BCUT2D eigenvalue weighted by Gasteiger charge is -2.16. The second-order valence-electron chi connectivity index (χ2n) is 6.35. The molecule has 136 valence electrons. The van der Waals surface area contributed by atoms with E-state index in [1.165, 1.54) is 5.57 Å². The molecule has 0 saturated carbocycles. The van der Waals surface area contributed by atoms with Crippen LogP contribution in [0.3, 0.4) is 0 Å². The Morgan fingerprint density at radius 1 is 1.19 bits per heavy atom. The molecule has 0 saturated heterocycles. The molecule has 1 aliphatic rings. The maximum absolute atomic E-state index is 11.5. The van der Waals surface area contributed by atoms with Crippen LogP contribution in [-0.2, 0) is 19.1 Å². The van der Waals surface area contributed by atoms with Gasteiger partial charge < -0.3 is 9.47 Å². The van der Waals surface area contributed by atoms with Gasteiger partial charge in [-0.2, -0.15) is 0 Å². The summed E-state index contributed by atoms with van der Waals surface area (Å²) < 4.78 is 10.4. The van der Waals surface area contributed by atoms with Crippen LogP contribution in [0.5, 0.6) is 0 Å². The van der Waals surface area contributed by atoms with Crippen LogP contribution in [0.15, 0.2) is 67.0 Å². The van der Waals surface area contributed by atoms with Crippen molar-refractivity contribution in [2.75, 3.05) is 6.61 Å². The van der Waals surface area contributed by atoms with Gasteiger partial charge in [0.15, 0.2) is 0 Å². The van der Waals surface area contributed by atoms with Crippen LogP contribution in [0.1, 0.15) is 43.7 Å². The van der Waals surface area contributed by atoms with Crippen molar-refractivity contribution < 1.29 is 19.1 Å². The molecule has 4 nitrogen and oxygen atoms in total. The van der Waals surface area contributed by atoms with Crippen LogP contribution >= 0.6 is 0 Å². The quantitative estimate of drug-likeness (QED) is 0.527. The summed E-state index contributed by atoms with van der Waals surface area (Å²) in [4.78, 5) is 22.7. The molecule has 1 aliphatic carbocycles. The van der Waals surface area contributed by atoms with Crippen LogP contribution in [0.4, 0.5) is 0 Å². The number of hydrogen-bond acceptors (Lipinski definition) is 4. The normalized spacial score (nSPS) is 14.5. The highest BCUT2D eigenvalue weighted by molar-refractivity contribution is 5.87. The van der Waals surface area contributed by atoms with Crippen molar-refractivity contribution in [1.29, 1.82) is 0 Å². The number of esters is 2. The minimum absolute atomic E-state index is 0.109. The Hall–Kier alpha value is -2.88. The Bertz CT molecular complexity index is 766. The molecule has 1 aromatic carbocycles. The van der Waals surface area contributed by atoms with Gasteiger partial charge in [0.05, 0.1) is 6.61 Å². The van der Waals surface area contributed by atoms with Crippen LogP contribution in [0.25, 0.3) is 5.57 Å². The average molecular weight is 352 g/mol. The first-order chi connectivity index (χ1) is 12.4. The summed E-state index contributed by atoms with van der Waals surface area (Å²) in [5.74, 6) is -0.0277. The molecule has 4 heteroatoms. The fourth-order valence-electron chi connectivity index (χ4n) is 2.56. The Morgan fingerprint density at radius 2 is 1.88 bits per heavy atom. The van der Waals surface area contributed by atoms with Gasteiger partial charge in [0.2, 0.25) is 0 Å². The molecule has 0 aliphatic heterocycles. The van der Waals surface area contributed by atoms with Crippen LogP contribution in [0.2, 0.25) is 0 Å². The van der Waals surface area contributed by atoms with Gasteiger partial charge in [-0.25, -0.2) is 9.59 Å². The van der Waals surface area contributed by atoms with E-state index in [0.717, 1.165) is 23.6 Å². The van der Waals surface area contributed by atoms with E-state index in [0.29, 0.717) is 24.4 Å². The average Bonchev–Trinajstić information content (AvgIpc) is 2.66. The van der Waals surface area contributed by atoms with E-state index in [1.54, 1.807) is 6.92 Å². The van der Waals surface area contributed by atoms with Crippen LogP contribution in [0, 0.1) is 0 Å². The summed E-state index contributed by atoms with van der Waals surface area (Å²) in [6, 6.07) is 8.22. The third kappa shape index (κ3) is 5.31. The van der Waals surface area contributed by atoms with Crippen LogP contribution in [-0.4, -0.2) is 18.5 Å². The number of ether oxygens (including phenoxy) is 2. The zero-order valence-electron chi connectivity index (χ0n) is 15.3. The second-order valence-corrected chi connectivity index (χ2v) is 6.35. The molecule has 26 heavy (non-hydrogen) atoms. The van der Waals surface area contributed by atoms with Crippen molar-refractivity contribution in [3.8, 4) is 0 Å². The summed E-state index contributed by atoms with van der Waals surface area (Å²) in [6.07, 6.45) is 6.45. The van der Waals surface area contributed by atoms with Gasteiger partial charge in [-0.3, -0.25) is 0 Å². The lowest BCUT2D eigenvalue weighted by Crippen LogP contribution is -2.11. The number of allylic oxidation sites excluding steroid dienone is 4. The molecule has 0 amide bonds. The summed E-state index contributed by atoms with van der Waals surface area (Å²) in [5.41, 5.74) is 3.83. The molecule has 1 aromatic rings. The molecule has 0 bridgehead atoms. The largest absolute Gasteiger partial charge is 0.462 e. The van der Waals surface area contributed by atoms with E-state index < -0.39 is 5.97 Å². The molecule has 0 aromatic heterocycles. The van der Waals surface area contributed by atoms with Gasteiger partial charge in [0.25, 0.3) is 0 Å². The van der Waals surface area contributed by atoms with Crippen LogP contribution < -0.4 is 0 Å². The van der Waals surface area contributed by atoms with Gasteiger partial charge in [0, 0.05) is 24.0 Å². The van der Waals surface area contributed by atoms with E-state index >= 15 is 0 Å². The summed E-state index contributed by atoms with van der Waals surface area (Å²) in [5, 5.41) is 0. The maximum Gasteiger partial charge on any atom is 0.335 e. The Kier molecular flexibility index (Phi) is 6.73. The Morgan fingerprint density at radius 3 is 2.42 bits per heavy atom. The van der Waals surface area contributed by atoms with Crippen molar-refractivity contribution in [3.05, 3.63) is 78.1 Å². The third-order valence-electron chi connectivity index (χ3n) is 4.17. The molecule has 0 spiro atoms. The molecule has 0 radical (unpaired) electrons. The molecular weight excluding hydrogens is 328 g/mol. The third-order valence-corrected chi connectivity index (χ3v) is 4.17. The van der Waals surface area contributed by atoms with E-state index in [9.17, 15) is 9.59 Å². The molecule has 0 fully saturated rings. The van der Waals surface area contributed by atoms with E-state index in [2.05, 4.69) is 25.3 Å².